The number of alkyl halides is 2. The van der Waals surface area contributed by atoms with Crippen LogP contribution in [-0.4, -0.2) is 26.3 Å². The molecule has 1 N–H and O–H groups in total. The third kappa shape index (κ3) is 2.33. The molecule has 2 aromatic rings. The topological polar surface area (TPSA) is 63.1 Å². The quantitative estimate of drug-likeness (QED) is 0.674. The molecule has 1 heterocycles. The van der Waals surface area contributed by atoms with Crippen LogP contribution in [0.15, 0.2) is 35.6 Å². The number of rotatable bonds is 3. The molecule has 0 aliphatic heterocycles. The Morgan fingerprint density at radius 2 is 2.00 bits per heavy atom. The van der Waals surface area contributed by atoms with Crippen LogP contribution in [0.4, 0.5) is 8.78 Å². The van der Waals surface area contributed by atoms with Crippen LogP contribution in [-0.2, 0) is 4.79 Å². The average molecular weight is 256 g/mol. The standard InChI is InChI=1S/C10H6F2N2O2S/c11-10(12,9(15)16)17-8-6-3-1-2-4-7(6)13-5-14-8/h1-5H,(H,15,16). The number of aliphatic carboxylic acids is 1. The first kappa shape index (κ1) is 11.7. The molecule has 1 aromatic heterocycles. The first-order valence-corrected chi connectivity index (χ1v) is 5.32. The molecular weight excluding hydrogens is 250 g/mol. The average Bonchev–Trinajstić information content (AvgIpc) is 2.29. The van der Waals surface area contributed by atoms with Crippen molar-refractivity contribution in [3.8, 4) is 0 Å². The molecule has 2 rings (SSSR count). The van der Waals surface area contributed by atoms with Crippen LogP contribution in [0.2, 0.25) is 0 Å². The second-order valence-electron chi connectivity index (χ2n) is 3.12. The van der Waals surface area contributed by atoms with Crippen LogP contribution >= 0.6 is 11.8 Å². The zero-order valence-corrected chi connectivity index (χ0v) is 9.12. The third-order valence-electron chi connectivity index (χ3n) is 1.98. The molecule has 0 amide bonds. The van der Waals surface area contributed by atoms with E-state index in [1.54, 1.807) is 24.3 Å². The Hall–Kier alpha value is -1.76. The van der Waals surface area contributed by atoms with Gasteiger partial charge >= 0.3 is 11.2 Å². The van der Waals surface area contributed by atoms with E-state index in [4.69, 9.17) is 5.11 Å². The molecule has 0 radical (unpaired) electrons. The third-order valence-corrected chi connectivity index (χ3v) is 2.93. The Balaban J connectivity index is 2.46. The minimum absolute atomic E-state index is 0.0528. The maximum Gasteiger partial charge on any atom is 0.394 e. The summed E-state index contributed by atoms with van der Waals surface area (Å²) >= 11 is -0.101. The molecule has 17 heavy (non-hydrogen) atoms. The lowest BCUT2D eigenvalue weighted by molar-refractivity contribution is -0.152. The van der Waals surface area contributed by atoms with Crippen molar-refractivity contribution in [1.82, 2.24) is 9.97 Å². The van der Waals surface area contributed by atoms with E-state index in [0.717, 1.165) is 6.33 Å². The van der Waals surface area contributed by atoms with Gasteiger partial charge in [0.1, 0.15) is 11.4 Å². The first-order chi connectivity index (χ1) is 8.00. The van der Waals surface area contributed by atoms with E-state index in [9.17, 15) is 13.6 Å². The number of carbonyl (C=O) groups is 1. The molecule has 4 nitrogen and oxygen atoms in total. The summed E-state index contributed by atoms with van der Waals surface area (Å²) in [5.41, 5.74) is 0.492. The predicted molar refractivity (Wildman–Crippen MR) is 58.0 cm³/mol. The zero-order valence-electron chi connectivity index (χ0n) is 8.30. The molecule has 7 heteroatoms. The Bertz CT molecular complexity index is 572. The number of nitrogens with zero attached hydrogens (tertiary/aromatic N) is 2. The molecule has 0 saturated carbocycles. The normalized spacial score (nSPS) is 11.6. The van der Waals surface area contributed by atoms with Crippen molar-refractivity contribution in [2.24, 2.45) is 0 Å². The highest BCUT2D eigenvalue weighted by Crippen LogP contribution is 2.37. The summed E-state index contributed by atoms with van der Waals surface area (Å²) < 4.78 is 26.1. The lowest BCUT2D eigenvalue weighted by Gasteiger charge is -2.10. The summed E-state index contributed by atoms with van der Waals surface area (Å²) in [7, 11) is 0. The number of fused-ring (bicyclic) bond motifs is 1. The number of hydrogen-bond acceptors (Lipinski definition) is 4. The molecule has 0 bridgehead atoms. The van der Waals surface area contributed by atoms with Gasteiger partial charge in [-0.2, -0.15) is 8.78 Å². The number of carboxylic acid groups (broad SMARTS) is 1. The molecule has 0 saturated heterocycles. The van der Waals surface area contributed by atoms with Gasteiger partial charge in [-0.3, -0.25) is 0 Å². The number of benzene rings is 1. The molecule has 0 aliphatic rings. The highest BCUT2D eigenvalue weighted by molar-refractivity contribution is 8.01. The number of hydrogen-bond donors (Lipinski definition) is 1. The Morgan fingerprint density at radius 3 is 2.71 bits per heavy atom. The maximum absolute atomic E-state index is 13.1. The van der Waals surface area contributed by atoms with Crippen molar-refractivity contribution in [1.29, 1.82) is 0 Å². The van der Waals surface area contributed by atoms with Crippen molar-refractivity contribution < 1.29 is 18.7 Å². The van der Waals surface area contributed by atoms with Crippen LogP contribution in [0.5, 0.6) is 0 Å². The molecule has 0 fully saturated rings. The first-order valence-electron chi connectivity index (χ1n) is 4.50. The van der Waals surface area contributed by atoms with Gasteiger partial charge in [0.15, 0.2) is 0 Å². The second-order valence-corrected chi connectivity index (χ2v) is 4.22. The van der Waals surface area contributed by atoms with Gasteiger partial charge in [0.05, 0.1) is 5.52 Å². The van der Waals surface area contributed by atoms with Crippen molar-refractivity contribution in [2.75, 3.05) is 0 Å². The van der Waals surface area contributed by atoms with E-state index in [0.29, 0.717) is 10.9 Å². The Kier molecular flexibility index (Phi) is 2.93. The lowest BCUT2D eigenvalue weighted by atomic mass is 10.2. The molecule has 88 valence electrons. The van der Waals surface area contributed by atoms with Crippen LogP contribution in [0, 0.1) is 0 Å². The SMILES string of the molecule is O=C(O)C(F)(F)Sc1ncnc2ccccc12. The highest BCUT2D eigenvalue weighted by atomic mass is 32.2. The number of aromatic nitrogens is 2. The summed E-state index contributed by atoms with van der Waals surface area (Å²) in [6.45, 7) is 0. The lowest BCUT2D eigenvalue weighted by Crippen LogP contribution is -2.23. The predicted octanol–water partition coefficient (Wildman–Crippen LogP) is 2.40. The van der Waals surface area contributed by atoms with E-state index in [-0.39, 0.29) is 16.8 Å². The van der Waals surface area contributed by atoms with Crippen LogP contribution in [0.3, 0.4) is 0 Å². The van der Waals surface area contributed by atoms with Crippen molar-refractivity contribution in [3.63, 3.8) is 0 Å². The van der Waals surface area contributed by atoms with Gasteiger partial charge in [-0.15, -0.1) is 0 Å². The maximum atomic E-state index is 13.1. The summed E-state index contributed by atoms with van der Waals surface area (Å²) in [5.74, 6) is -2.19. The highest BCUT2D eigenvalue weighted by Gasteiger charge is 2.41. The number of halogens is 2. The van der Waals surface area contributed by atoms with E-state index >= 15 is 0 Å². The summed E-state index contributed by atoms with van der Waals surface area (Å²) in [4.78, 5) is 17.9. The molecule has 0 unspecified atom stereocenters. The van der Waals surface area contributed by atoms with Gasteiger partial charge in [-0.25, -0.2) is 14.8 Å². The number of carboxylic acids is 1. The van der Waals surface area contributed by atoms with Crippen LogP contribution < -0.4 is 0 Å². The fourth-order valence-corrected chi connectivity index (χ4v) is 1.94. The Morgan fingerprint density at radius 1 is 1.29 bits per heavy atom. The summed E-state index contributed by atoms with van der Waals surface area (Å²) in [6, 6.07) is 6.56. The molecule has 0 spiro atoms. The van der Waals surface area contributed by atoms with Gasteiger partial charge in [-0.05, 0) is 17.8 Å². The van der Waals surface area contributed by atoms with Crippen LogP contribution in [0.25, 0.3) is 10.9 Å². The zero-order chi connectivity index (χ0) is 12.5. The summed E-state index contributed by atoms with van der Waals surface area (Å²) in [6.07, 6.45) is 1.13. The van der Waals surface area contributed by atoms with Gasteiger partial charge in [0, 0.05) is 5.39 Å². The fourth-order valence-electron chi connectivity index (χ4n) is 1.23. The molecule has 0 aliphatic carbocycles. The number of para-hydroxylation sites is 1. The van der Waals surface area contributed by atoms with Gasteiger partial charge < -0.3 is 5.11 Å². The molecule has 0 atom stereocenters. The minimum Gasteiger partial charge on any atom is -0.476 e. The molecule has 1 aromatic carbocycles. The monoisotopic (exact) mass is 256 g/mol. The fraction of sp³-hybridized carbons (Fsp3) is 0.100. The summed E-state index contributed by atoms with van der Waals surface area (Å²) in [5, 5.41) is 4.81. The Labute approximate surface area is 98.7 Å². The van der Waals surface area contributed by atoms with E-state index < -0.39 is 11.2 Å². The smallest absolute Gasteiger partial charge is 0.394 e. The van der Waals surface area contributed by atoms with E-state index in [1.165, 1.54) is 0 Å². The number of thioether (sulfide) groups is 1. The van der Waals surface area contributed by atoms with Crippen LogP contribution in [0.1, 0.15) is 0 Å². The van der Waals surface area contributed by atoms with E-state index in [2.05, 4.69) is 9.97 Å². The molecular formula is C10H6F2N2O2S. The van der Waals surface area contributed by atoms with Crippen molar-refractivity contribution in [3.05, 3.63) is 30.6 Å². The van der Waals surface area contributed by atoms with Gasteiger partial charge in [0.2, 0.25) is 0 Å². The van der Waals surface area contributed by atoms with Gasteiger partial charge in [-0.1, -0.05) is 18.2 Å². The largest absolute Gasteiger partial charge is 0.476 e. The van der Waals surface area contributed by atoms with Gasteiger partial charge in [0.25, 0.3) is 0 Å². The second kappa shape index (κ2) is 4.25. The minimum atomic E-state index is -3.91. The van der Waals surface area contributed by atoms with Crippen molar-refractivity contribution >= 4 is 28.6 Å². The van der Waals surface area contributed by atoms with E-state index in [1.807, 2.05) is 0 Å². The van der Waals surface area contributed by atoms with Crippen molar-refractivity contribution in [2.45, 2.75) is 10.3 Å².